The van der Waals surface area contributed by atoms with Crippen molar-refractivity contribution in [3.05, 3.63) is 95.1 Å². The molecule has 1 N–H and O–H groups in total. The van der Waals surface area contributed by atoms with Crippen LogP contribution in [0.4, 0.5) is 0 Å². The van der Waals surface area contributed by atoms with Crippen LogP contribution in [0.2, 0.25) is 0 Å². The first-order valence-corrected chi connectivity index (χ1v) is 14.4. The minimum Gasteiger partial charge on any atom is -0.490 e. The first kappa shape index (κ1) is 30.7. The third-order valence-electron chi connectivity index (χ3n) is 6.66. The van der Waals surface area contributed by atoms with Crippen molar-refractivity contribution in [3.63, 3.8) is 0 Å². The maximum absolute atomic E-state index is 13.9. The Bertz CT molecular complexity index is 1210. The minimum absolute atomic E-state index is 0.0620. The van der Waals surface area contributed by atoms with E-state index in [4.69, 9.17) is 9.47 Å². The Morgan fingerprint density at radius 1 is 0.825 bits per heavy atom. The molecular formula is C34H44N2O4. The Balaban J connectivity index is 1.89. The molecule has 214 valence electrons. The molecule has 3 aromatic carbocycles. The number of benzene rings is 3. The van der Waals surface area contributed by atoms with E-state index < -0.39 is 6.04 Å². The average Bonchev–Trinajstić information content (AvgIpc) is 2.95. The molecule has 2 amide bonds. The van der Waals surface area contributed by atoms with Gasteiger partial charge in [-0.05, 0) is 61.9 Å². The van der Waals surface area contributed by atoms with E-state index in [9.17, 15) is 9.59 Å². The SMILES string of the molecule is CCOc1ccc(CCC(=O)N(Cc2ccc(C)cc2)C(Cc2ccccc2)C(=O)NCC(C)C)cc1OCC. The molecule has 0 fully saturated rings. The molecular weight excluding hydrogens is 500 g/mol. The molecule has 0 saturated heterocycles. The summed E-state index contributed by atoms with van der Waals surface area (Å²) in [5.74, 6) is 1.50. The quantitative estimate of drug-likeness (QED) is 0.250. The largest absolute Gasteiger partial charge is 0.490 e. The summed E-state index contributed by atoms with van der Waals surface area (Å²) in [6.07, 6.45) is 1.25. The van der Waals surface area contributed by atoms with Crippen LogP contribution in [0.15, 0.2) is 72.8 Å². The van der Waals surface area contributed by atoms with Crippen molar-refractivity contribution in [3.8, 4) is 11.5 Å². The molecule has 0 aliphatic carbocycles. The van der Waals surface area contributed by atoms with Crippen LogP contribution in [0.5, 0.6) is 11.5 Å². The monoisotopic (exact) mass is 544 g/mol. The van der Waals surface area contributed by atoms with Crippen LogP contribution < -0.4 is 14.8 Å². The Kier molecular flexibility index (Phi) is 12.1. The van der Waals surface area contributed by atoms with Crippen LogP contribution >= 0.6 is 0 Å². The summed E-state index contributed by atoms with van der Waals surface area (Å²) in [5, 5.41) is 3.08. The zero-order valence-corrected chi connectivity index (χ0v) is 24.6. The lowest BCUT2D eigenvalue weighted by Gasteiger charge is -2.32. The number of rotatable bonds is 15. The molecule has 1 atom stereocenters. The van der Waals surface area contributed by atoms with Crippen LogP contribution in [-0.4, -0.2) is 42.5 Å². The van der Waals surface area contributed by atoms with E-state index in [0.717, 1.165) is 22.3 Å². The van der Waals surface area contributed by atoms with Gasteiger partial charge < -0.3 is 19.7 Å². The van der Waals surface area contributed by atoms with Gasteiger partial charge in [0, 0.05) is 25.9 Å². The number of carbonyl (C=O) groups excluding carboxylic acids is 2. The second kappa shape index (κ2) is 15.7. The summed E-state index contributed by atoms with van der Waals surface area (Å²) in [7, 11) is 0. The number of aryl methyl sites for hydroxylation is 2. The van der Waals surface area contributed by atoms with Gasteiger partial charge in [0.05, 0.1) is 13.2 Å². The van der Waals surface area contributed by atoms with Gasteiger partial charge in [-0.2, -0.15) is 0 Å². The highest BCUT2D eigenvalue weighted by Crippen LogP contribution is 2.29. The highest BCUT2D eigenvalue weighted by atomic mass is 16.5. The zero-order valence-electron chi connectivity index (χ0n) is 24.6. The number of amides is 2. The van der Waals surface area contributed by atoms with Crippen molar-refractivity contribution < 1.29 is 19.1 Å². The predicted octanol–water partition coefficient (Wildman–Crippen LogP) is 6.14. The third kappa shape index (κ3) is 9.44. The van der Waals surface area contributed by atoms with Crippen LogP contribution in [0.1, 0.15) is 56.4 Å². The van der Waals surface area contributed by atoms with E-state index in [1.54, 1.807) is 4.90 Å². The molecule has 3 rings (SSSR count). The summed E-state index contributed by atoms with van der Waals surface area (Å²) < 4.78 is 11.5. The molecule has 0 heterocycles. The summed E-state index contributed by atoms with van der Waals surface area (Å²) in [4.78, 5) is 29.3. The lowest BCUT2D eigenvalue weighted by atomic mass is 10.0. The zero-order chi connectivity index (χ0) is 28.9. The molecule has 0 spiro atoms. The number of hydrogen-bond acceptors (Lipinski definition) is 4. The van der Waals surface area contributed by atoms with Crippen LogP contribution in [0, 0.1) is 12.8 Å². The first-order chi connectivity index (χ1) is 19.3. The van der Waals surface area contributed by atoms with Crippen LogP contribution in [-0.2, 0) is 29.0 Å². The second-order valence-corrected chi connectivity index (χ2v) is 10.5. The topological polar surface area (TPSA) is 67.9 Å². The molecule has 0 aliphatic heterocycles. The fourth-order valence-corrected chi connectivity index (χ4v) is 4.51. The molecule has 0 aromatic heterocycles. The maximum Gasteiger partial charge on any atom is 0.243 e. The normalized spacial score (nSPS) is 11.7. The van der Waals surface area contributed by atoms with Gasteiger partial charge in [-0.3, -0.25) is 9.59 Å². The summed E-state index contributed by atoms with van der Waals surface area (Å²) in [6.45, 7) is 12.0. The number of ether oxygens (including phenoxy) is 2. The van der Waals surface area contributed by atoms with Crippen molar-refractivity contribution in [2.75, 3.05) is 19.8 Å². The van der Waals surface area contributed by atoms with Crippen molar-refractivity contribution >= 4 is 11.8 Å². The fraction of sp³-hybridized carbons (Fsp3) is 0.412. The standard InChI is InChI=1S/C34H44N2O4/c1-6-39-31-19-17-28(22-32(31)40-7-2)18-20-33(37)36(24-29-15-13-26(5)14-16-29)30(34(38)35-23-25(3)4)21-27-11-9-8-10-12-27/h8-17,19,22,25,30H,6-7,18,20-21,23-24H2,1-5H3,(H,35,38). The van der Waals surface area contributed by atoms with Crippen molar-refractivity contribution in [2.24, 2.45) is 5.92 Å². The van der Waals surface area contributed by atoms with E-state index >= 15 is 0 Å². The number of carbonyl (C=O) groups is 2. The van der Waals surface area contributed by atoms with E-state index in [-0.39, 0.29) is 18.2 Å². The van der Waals surface area contributed by atoms with E-state index in [1.807, 2.05) is 93.6 Å². The maximum atomic E-state index is 13.9. The van der Waals surface area contributed by atoms with Crippen LogP contribution in [0.3, 0.4) is 0 Å². The second-order valence-electron chi connectivity index (χ2n) is 10.5. The molecule has 1 unspecified atom stereocenters. The first-order valence-electron chi connectivity index (χ1n) is 14.4. The highest BCUT2D eigenvalue weighted by molar-refractivity contribution is 5.88. The summed E-state index contributed by atoms with van der Waals surface area (Å²) in [5.41, 5.74) is 4.15. The van der Waals surface area contributed by atoms with Crippen molar-refractivity contribution in [1.29, 1.82) is 0 Å². The average molecular weight is 545 g/mol. The van der Waals surface area contributed by atoms with Crippen molar-refractivity contribution in [2.45, 2.75) is 66.5 Å². The molecule has 6 heteroatoms. The van der Waals surface area contributed by atoms with Gasteiger partial charge in [0.2, 0.25) is 11.8 Å². The molecule has 40 heavy (non-hydrogen) atoms. The number of nitrogens with zero attached hydrogens (tertiary/aromatic N) is 1. The van der Waals surface area contributed by atoms with Gasteiger partial charge in [-0.15, -0.1) is 0 Å². The lowest BCUT2D eigenvalue weighted by Crippen LogP contribution is -2.51. The van der Waals surface area contributed by atoms with E-state index in [1.165, 1.54) is 0 Å². The van der Waals surface area contributed by atoms with Gasteiger partial charge in [0.1, 0.15) is 6.04 Å². The summed E-state index contributed by atoms with van der Waals surface area (Å²) >= 11 is 0. The van der Waals surface area contributed by atoms with Gasteiger partial charge in [-0.1, -0.05) is 80.1 Å². The minimum atomic E-state index is -0.630. The predicted molar refractivity (Wildman–Crippen MR) is 161 cm³/mol. The fourth-order valence-electron chi connectivity index (χ4n) is 4.51. The smallest absolute Gasteiger partial charge is 0.243 e. The Morgan fingerprint density at radius 2 is 1.48 bits per heavy atom. The molecule has 0 aliphatic rings. The van der Waals surface area contributed by atoms with E-state index in [0.29, 0.717) is 56.6 Å². The molecule has 0 radical (unpaired) electrons. The Morgan fingerprint density at radius 3 is 2.12 bits per heavy atom. The molecule has 6 nitrogen and oxygen atoms in total. The van der Waals surface area contributed by atoms with Gasteiger partial charge in [0.25, 0.3) is 0 Å². The molecule has 0 saturated carbocycles. The van der Waals surface area contributed by atoms with Gasteiger partial charge in [-0.25, -0.2) is 0 Å². The van der Waals surface area contributed by atoms with Gasteiger partial charge in [0.15, 0.2) is 11.5 Å². The number of hydrogen-bond donors (Lipinski definition) is 1. The van der Waals surface area contributed by atoms with Gasteiger partial charge >= 0.3 is 0 Å². The molecule has 0 bridgehead atoms. The highest BCUT2D eigenvalue weighted by Gasteiger charge is 2.30. The lowest BCUT2D eigenvalue weighted by molar-refractivity contribution is -0.141. The van der Waals surface area contributed by atoms with Crippen LogP contribution in [0.25, 0.3) is 0 Å². The van der Waals surface area contributed by atoms with E-state index in [2.05, 4.69) is 19.2 Å². The Hall–Kier alpha value is -3.80. The number of nitrogens with one attached hydrogen (secondary N) is 1. The Labute approximate surface area is 239 Å². The third-order valence-corrected chi connectivity index (χ3v) is 6.66. The summed E-state index contributed by atoms with van der Waals surface area (Å²) in [6, 6.07) is 23.2. The molecule has 3 aromatic rings. The van der Waals surface area contributed by atoms with Crippen molar-refractivity contribution in [1.82, 2.24) is 10.2 Å².